The molecule has 0 bridgehead atoms. The molecule has 125 valence electrons. The molecule has 2 rings (SSSR count). The van der Waals surface area contributed by atoms with Gasteiger partial charge in [-0.1, -0.05) is 64.2 Å². The molecule has 0 fully saturated rings. The third-order valence-corrected chi connectivity index (χ3v) is 5.36. The van der Waals surface area contributed by atoms with Gasteiger partial charge in [0.2, 0.25) is 0 Å². The van der Waals surface area contributed by atoms with Crippen LogP contribution in [0, 0.1) is 0 Å². The Balaban J connectivity index is 0.00000288. The normalized spacial score (nSPS) is 11.3. The Morgan fingerprint density at radius 1 is 0.750 bits per heavy atom. The molecular formula is C18H23NaO2PS2. The minimum absolute atomic E-state index is 0. The predicted octanol–water partition coefficient (Wildman–Crippen LogP) is 6.16. The summed E-state index contributed by atoms with van der Waals surface area (Å²) in [5.41, 5.74) is -0.168. The van der Waals surface area contributed by atoms with Gasteiger partial charge in [0.25, 0.3) is 0 Å². The Bertz CT molecular complexity index is 628. The van der Waals surface area contributed by atoms with Crippen LogP contribution in [-0.2, 0) is 11.8 Å². The Morgan fingerprint density at radius 2 is 1.04 bits per heavy atom. The van der Waals surface area contributed by atoms with E-state index in [1.54, 1.807) is 0 Å². The van der Waals surface area contributed by atoms with E-state index in [0.29, 0.717) is 23.3 Å². The second kappa shape index (κ2) is 9.66. The summed E-state index contributed by atoms with van der Waals surface area (Å²) < 4.78 is 11.6. The second-order valence-electron chi connectivity index (χ2n) is 6.10. The molecule has 2 nitrogen and oxygen atoms in total. The van der Waals surface area contributed by atoms with Crippen LogP contribution in [0.25, 0.3) is 0 Å². The van der Waals surface area contributed by atoms with Crippen LogP contribution >= 0.6 is 17.9 Å². The third-order valence-electron chi connectivity index (χ3n) is 3.54. The van der Waals surface area contributed by atoms with Gasteiger partial charge in [-0.05, 0) is 59.0 Å². The standard InChI is InChI=1S/C18H23O2PS2.Na/c1-13(2)15-5-9-17(10-6-15)19-21(22,23)20-18-11-7-16(8-12-18)14(3)4;/h5-14H,1-4H3,(H,22,23);. The summed E-state index contributed by atoms with van der Waals surface area (Å²) >= 11 is 9.83. The number of benzene rings is 2. The molecule has 0 aromatic heterocycles. The van der Waals surface area contributed by atoms with Gasteiger partial charge in [0.1, 0.15) is 11.5 Å². The summed E-state index contributed by atoms with van der Waals surface area (Å²) in [6.07, 6.45) is 0. The van der Waals surface area contributed by atoms with Gasteiger partial charge in [0.15, 0.2) is 0 Å². The van der Waals surface area contributed by atoms with Crippen molar-refractivity contribution in [2.24, 2.45) is 0 Å². The molecule has 0 heterocycles. The summed E-state index contributed by atoms with van der Waals surface area (Å²) in [4.78, 5) is 0. The number of hydrogen-bond acceptors (Lipinski definition) is 3. The molecular weight excluding hydrogens is 366 g/mol. The van der Waals surface area contributed by atoms with Crippen LogP contribution in [-0.4, -0.2) is 29.6 Å². The van der Waals surface area contributed by atoms with E-state index in [1.807, 2.05) is 48.5 Å². The molecule has 24 heavy (non-hydrogen) atoms. The molecule has 0 saturated heterocycles. The zero-order valence-corrected chi connectivity index (χ0v) is 19.5. The van der Waals surface area contributed by atoms with Gasteiger partial charge in [-0.3, -0.25) is 0 Å². The molecule has 2 aromatic rings. The van der Waals surface area contributed by atoms with Crippen LogP contribution in [0.5, 0.6) is 11.5 Å². The van der Waals surface area contributed by atoms with Crippen molar-refractivity contribution in [3.8, 4) is 11.5 Å². The van der Waals surface area contributed by atoms with Crippen LogP contribution in [0.1, 0.15) is 50.7 Å². The summed E-state index contributed by atoms with van der Waals surface area (Å²) in [5, 5.41) is 0. The Labute approximate surface area is 178 Å². The average Bonchev–Trinajstić information content (AvgIpc) is 2.47. The Hall–Kier alpha value is 0.0400. The molecule has 0 aliphatic carbocycles. The molecule has 0 N–H and O–H groups in total. The monoisotopic (exact) mass is 389 g/mol. The second-order valence-corrected chi connectivity index (χ2v) is 11.2. The first-order valence-electron chi connectivity index (χ1n) is 7.69. The van der Waals surface area contributed by atoms with E-state index in [1.165, 1.54) is 11.1 Å². The molecule has 1 radical (unpaired) electrons. The number of thiol groups is 1. The van der Waals surface area contributed by atoms with E-state index in [2.05, 4.69) is 39.9 Å². The first-order chi connectivity index (χ1) is 10.8. The first kappa shape index (κ1) is 22.1. The molecule has 2 aromatic carbocycles. The van der Waals surface area contributed by atoms with Gasteiger partial charge in [-0.25, -0.2) is 0 Å². The van der Waals surface area contributed by atoms with E-state index >= 15 is 0 Å². The van der Waals surface area contributed by atoms with E-state index in [9.17, 15) is 0 Å². The van der Waals surface area contributed by atoms with E-state index < -0.39 is 5.69 Å². The van der Waals surface area contributed by atoms with Gasteiger partial charge < -0.3 is 9.05 Å². The SMILES string of the molecule is CC(C)c1ccc(OP(=S)(S)Oc2ccc(C(C)C)cc2)cc1.[Na]. The van der Waals surface area contributed by atoms with Crippen molar-refractivity contribution in [2.75, 3.05) is 0 Å². The molecule has 0 amide bonds. The zero-order chi connectivity index (χ0) is 17.0. The van der Waals surface area contributed by atoms with Gasteiger partial charge >= 0.3 is 5.69 Å². The molecule has 0 aliphatic heterocycles. The van der Waals surface area contributed by atoms with Crippen molar-refractivity contribution in [3.63, 3.8) is 0 Å². The van der Waals surface area contributed by atoms with Gasteiger partial charge in [-0.15, -0.1) is 0 Å². The smallest absolute Gasteiger partial charge is 0.345 e. The quantitative estimate of drug-likeness (QED) is 0.362. The van der Waals surface area contributed by atoms with E-state index in [-0.39, 0.29) is 29.6 Å². The zero-order valence-electron chi connectivity index (χ0n) is 14.9. The van der Waals surface area contributed by atoms with Gasteiger partial charge in [-0.2, -0.15) is 0 Å². The molecule has 0 spiro atoms. The average molecular weight is 389 g/mol. The van der Waals surface area contributed by atoms with E-state index in [0.717, 1.165) is 0 Å². The Morgan fingerprint density at radius 3 is 1.29 bits per heavy atom. The number of hydrogen-bond donors (Lipinski definition) is 1. The Kier molecular flexibility index (Phi) is 8.89. The molecule has 0 aliphatic rings. The molecule has 0 atom stereocenters. The van der Waals surface area contributed by atoms with Crippen molar-refractivity contribution in [2.45, 2.75) is 39.5 Å². The van der Waals surface area contributed by atoms with Crippen LogP contribution in [0.2, 0.25) is 0 Å². The summed E-state index contributed by atoms with van der Waals surface area (Å²) in [5.74, 6) is 2.34. The fourth-order valence-corrected chi connectivity index (χ4v) is 4.01. The minimum Gasteiger partial charge on any atom is -0.428 e. The fourth-order valence-electron chi connectivity index (χ4n) is 2.11. The topological polar surface area (TPSA) is 18.5 Å². The third kappa shape index (κ3) is 6.74. The van der Waals surface area contributed by atoms with Gasteiger partial charge in [0, 0.05) is 29.6 Å². The number of rotatable bonds is 6. The summed E-state index contributed by atoms with van der Waals surface area (Å²) in [6.45, 7) is 8.62. The fraction of sp³-hybridized carbons (Fsp3) is 0.333. The molecule has 0 saturated carbocycles. The van der Waals surface area contributed by atoms with Crippen molar-refractivity contribution in [1.82, 2.24) is 0 Å². The van der Waals surface area contributed by atoms with Crippen LogP contribution in [0.3, 0.4) is 0 Å². The minimum atomic E-state index is -2.69. The molecule has 0 unspecified atom stereocenters. The summed E-state index contributed by atoms with van der Waals surface area (Å²) in [6, 6.07) is 15.8. The maximum absolute atomic E-state index is 5.79. The largest absolute Gasteiger partial charge is 0.428 e. The first-order valence-corrected chi connectivity index (χ1v) is 11.5. The van der Waals surface area contributed by atoms with Crippen molar-refractivity contribution in [1.29, 1.82) is 0 Å². The predicted molar refractivity (Wildman–Crippen MR) is 111 cm³/mol. The van der Waals surface area contributed by atoms with Crippen molar-refractivity contribution < 1.29 is 9.05 Å². The van der Waals surface area contributed by atoms with E-state index in [4.69, 9.17) is 20.9 Å². The maximum Gasteiger partial charge on any atom is 0.345 e. The van der Waals surface area contributed by atoms with Crippen molar-refractivity contribution in [3.05, 3.63) is 59.7 Å². The van der Waals surface area contributed by atoms with Crippen molar-refractivity contribution >= 4 is 59.3 Å². The van der Waals surface area contributed by atoms with Crippen LogP contribution in [0.4, 0.5) is 0 Å². The molecule has 6 heteroatoms. The maximum atomic E-state index is 5.79. The van der Waals surface area contributed by atoms with Crippen LogP contribution in [0.15, 0.2) is 48.5 Å². The summed E-state index contributed by atoms with van der Waals surface area (Å²) in [7, 11) is 0. The van der Waals surface area contributed by atoms with Gasteiger partial charge in [0.05, 0.1) is 0 Å². The van der Waals surface area contributed by atoms with Crippen LogP contribution < -0.4 is 9.05 Å².